The molecule has 0 atom stereocenters. The van der Waals surface area contributed by atoms with Gasteiger partial charge in [-0.3, -0.25) is 0 Å². The van der Waals surface area contributed by atoms with E-state index in [1.807, 2.05) is 0 Å². The van der Waals surface area contributed by atoms with Crippen molar-refractivity contribution in [2.24, 2.45) is 0 Å². The summed E-state index contributed by atoms with van der Waals surface area (Å²) in [6.45, 7) is 0. The van der Waals surface area contributed by atoms with Gasteiger partial charge in [0.2, 0.25) is 0 Å². The number of methoxy groups -OCH3 is 3. The molecule has 0 aliphatic heterocycles. The zero-order chi connectivity index (χ0) is 20.1. The van der Waals surface area contributed by atoms with E-state index in [-0.39, 0.29) is 171 Å². The van der Waals surface area contributed by atoms with Crippen LogP contribution in [0.4, 0.5) is 0 Å². The van der Waals surface area contributed by atoms with Crippen LogP contribution in [0.25, 0.3) is 0 Å². The minimum Gasteiger partial charge on any atom is -0.872 e. The monoisotopic (exact) mass is 486 g/mol. The van der Waals surface area contributed by atoms with Gasteiger partial charge < -0.3 is 29.5 Å². The smallest absolute Gasteiger partial charge is 0.872 e. The number of benzene rings is 3. The Hall–Kier alpha value is 1.37. The SMILES string of the molecule is COc1ccc([O-])cc1.COc1cccc([O-])c1.COc1ccccc1[O-].[K+].[K+].[K+]. The zero-order valence-corrected chi connectivity index (χ0v) is 27.7. The van der Waals surface area contributed by atoms with E-state index >= 15 is 0 Å². The van der Waals surface area contributed by atoms with Gasteiger partial charge in [-0.2, -0.15) is 0 Å². The molecule has 9 heteroatoms. The number of rotatable bonds is 3. The zero-order valence-electron chi connectivity index (χ0n) is 18.4. The first-order valence-electron chi connectivity index (χ1n) is 7.92. The van der Waals surface area contributed by atoms with E-state index in [4.69, 9.17) is 14.2 Å². The van der Waals surface area contributed by atoms with Crippen LogP contribution >= 0.6 is 0 Å². The summed E-state index contributed by atoms with van der Waals surface area (Å²) in [7, 11) is 4.59. The maximum atomic E-state index is 10.7. The van der Waals surface area contributed by atoms with Crippen molar-refractivity contribution in [3.8, 4) is 34.5 Å². The van der Waals surface area contributed by atoms with Gasteiger partial charge >= 0.3 is 154 Å². The largest absolute Gasteiger partial charge is 1.00 e. The Morgan fingerprint density at radius 2 is 1.10 bits per heavy atom. The van der Waals surface area contributed by atoms with Crippen LogP contribution in [0.2, 0.25) is 0 Å². The summed E-state index contributed by atoms with van der Waals surface area (Å²) in [5.74, 6) is 1.65. The summed E-state index contributed by atoms with van der Waals surface area (Å²) in [4.78, 5) is 0. The molecule has 0 saturated heterocycles. The van der Waals surface area contributed by atoms with Crippen molar-refractivity contribution in [2.75, 3.05) is 21.3 Å². The van der Waals surface area contributed by atoms with Crippen LogP contribution in [0.15, 0.2) is 72.8 Å². The van der Waals surface area contributed by atoms with Crippen molar-refractivity contribution in [1.82, 2.24) is 0 Å². The van der Waals surface area contributed by atoms with Crippen LogP contribution in [0, 0.1) is 0 Å². The second-order valence-corrected chi connectivity index (χ2v) is 5.01. The van der Waals surface area contributed by atoms with Gasteiger partial charge in [0, 0.05) is 0 Å². The topological polar surface area (TPSA) is 96.9 Å². The van der Waals surface area contributed by atoms with E-state index in [9.17, 15) is 15.3 Å². The number of para-hydroxylation sites is 2. The summed E-state index contributed by atoms with van der Waals surface area (Å²) >= 11 is 0. The molecule has 0 aromatic heterocycles. The molecule has 0 saturated carbocycles. The van der Waals surface area contributed by atoms with Crippen molar-refractivity contribution in [3.05, 3.63) is 72.8 Å². The van der Waals surface area contributed by atoms with Crippen molar-refractivity contribution in [3.63, 3.8) is 0 Å². The first-order valence-corrected chi connectivity index (χ1v) is 7.92. The molecule has 0 spiro atoms. The van der Waals surface area contributed by atoms with Crippen LogP contribution < -0.4 is 184 Å². The summed E-state index contributed by atoms with van der Waals surface area (Å²) in [5, 5.41) is 31.8. The fourth-order valence-corrected chi connectivity index (χ4v) is 1.80. The quantitative estimate of drug-likeness (QED) is 0.342. The van der Waals surface area contributed by atoms with Crippen LogP contribution in [-0.4, -0.2) is 21.3 Å². The summed E-state index contributed by atoms with van der Waals surface area (Å²) < 4.78 is 14.4. The number of ether oxygens (including phenoxy) is 3. The summed E-state index contributed by atoms with van der Waals surface area (Å²) in [6, 6.07) is 19.1. The third-order valence-corrected chi connectivity index (χ3v) is 3.17. The standard InChI is InChI=1S/3C7H8O2.3K/c1-9-7-4-2-6(8)3-5-7;1-9-7-4-2-3-6(8)5-7;1-9-7-5-3-2-4-6(7)8;;;/h3*2-5,8H,1H3;;;/q;;;3*+1/p-3. The van der Waals surface area contributed by atoms with Crippen molar-refractivity contribution in [2.45, 2.75) is 0 Å². The van der Waals surface area contributed by atoms with Gasteiger partial charge in [-0.25, -0.2) is 0 Å². The van der Waals surface area contributed by atoms with Gasteiger partial charge in [0.15, 0.2) is 0 Å². The maximum Gasteiger partial charge on any atom is 1.00 e. The third-order valence-electron chi connectivity index (χ3n) is 3.17. The molecule has 0 bridgehead atoms. The van der Waals surface area contributed by atoms with Crippen molar-refractivity contribution < 1.29 is 184 Å². The Bertz CT molecular complexity index is 801. The number of hydrogen-bond acceptors (Lipinski definition) is 6. The maximum absolute atomic E-state index is 10.7. The van der Waals surface area contributed by atoms with Crippen LogP contribution in [0.3, 0.4) is 0 Å². The first kappa shape index (κ1) is 35.9. The molecule has 0 amide bonds. The predicted molar refractivity (Wildman–Crippen MR) is 97.3 cm³/mol. The predicted octanol–water partition coefficient (Wildman–Crippen LogP) is -6.68. The average molecular weight is 487 g/mol. The Morgan fingerprint density at radius 3 is 1.50 bits per heavy atom. The molecule has 30 heavy (non-hydrogen) atoms. The van der Waals surface area contributed by atoms with E-state index in [1.54, 1.807) is 49.6 Å². The van der Waals surface area contributed by atoms with E-state index in [2.05, 4.69) is 0 Å². The van der Waals surface area contributed by atoms with Crippen LogP contribution in [-0.2, 0) is 0 Å². The minimum atomic E-state index is -0.0694. The molecule has 0 aliphatic carbocycles. The van der Waals surface area contributed by atoms with E-state index in [1.165, 1.54) is 44.6 Å². The fourth-order valence-electron chi connectivity index (χ4n) is 1.80. The van der Waals surface area contributed by atoms with Gasteiger partial charge in [0.25, 0.3) is 0 Å². The van der Waals surface area contributed by atoms with E-state index in [0.717, 1.165) is 5.75 Å². The molecule has 144 valence electrons. The Morgan fingerprint density at radius 1 is 0.533 bits per heavy atom. The first-order chi connectivity index (χ1) is 13.0. The second-order valence-electron chi connectivity index (χ2n) is 5.01. The molecule has 0 heterocycles. The van der Waals surface area contributed by atoms with Crippen LogP contribution in [0.1, 0.15) is 0 Å². The molecule has 6 nitrogen and oxygen atoms in total. The Balaban J connectivity index is -0.000000347. The second kappa shape index (κ2) is 22.2. The van der Waals surface area contributed by atoms with Gasteiger partial charge in [0.05, 0.1) is 21.3 Å². The molecule has 0 unspecified atom stereocenters. The van der Waals surface area contributed by atoms with Gasteiger partial charge in [0.1, 0.15) is 17.2 Å². The molecule has 3 aromatic carbocycles. The van der Waals surface area contributed by atoms with Gasteiger partial charge in [-0.05, 0) is 30.3 Å². The Labute approximate surface area is 305 Å². The normalized spacial score (nSPS) is 8.10. The molecule has 0 radical (unpaired) electrons. The molecule has 3 aromatic rings. The number of hydrogen-bond donors (Lipinski definition) is 0. The molecule has 0 N–H and O–H groups in total. The Kier molecular flexibility index (Phi) is 26.6. The third kappa shape index (κ3) is 16.1. The summed E-state index contributed by atoms with van der Waals surface area (Å²) in [6.07, 6.45) is 0. The summed E-state index contributed by atoms with van der Waals surface area (Å²) in [5.41, 5.74) is 0. The van der Waals surface area contributed by atoms with Crippen LogP contribution in [0.5, 0.6) is 34.5 Å². The van der Waals surface area contributed by atoms with E-state index in [0.29, 0.717) is 11.5 Å². The van der Waals surface area contributed by atoms with Crippen molar-refractivity contribution >= 4 is 0 Å². The van der Waals surface area contributed by atoms with Gasteiger partial charge in [-0.15, -0.1) is 11.5 Å². The molecular weight excluding hydrogens is 466 g/mol. The molecule has 3 rings (SSSR count). The van der Waals surface area contributed by atoms with Gasteiger partial charge in [-0.1, -0.05) is 48.2 Å². The average Bonchev–Trinajstić information content (AvgIpc) is 2.70. The van der Waals surface area contributed by atoms with E-state index < -0.39 is 0 Å². The molecule has 0 aliphatic rings. The molecule has 0 fully saturated rings. The fraction of sp³-hybridized carbons (Fsp3) is 0.143. The van der Waals surface area contributed by atoms with Crippen molar-refractivity contribution in [1.29, 1.82) is 0 Å². The molecular formula is C21H21K3O6. The minimum absolute atomic E-state index is 0.